The Morgan fingerprint density at radius 2 is 1.50 bits per heavy atom. The lowest BCUT2D eigenvalue weighted by atomic mass is 10.1. The molecule has 0 fully saturated rings. The van der Waals surface area contributed by atoms with Crippen LogP contribution in [-0.4, -0.2) is 60.9 Å². The van der Waals surface area contributed by atoms with Crippen molar-refractivity contribution in [1.29, 1.82) is 5.26 Å². The van der Waals surface area contributed by atoms with Crippen LogP contribution in [0.2, 0.25) is 0 Å². The van der Waals surface area contributed by atoms with Crippen molar-refractivity contribution in [2.75, 3.05) is 6.61 Å². The topological polar surface area (TPSA) is 151 Å². The number of rotatable bonds is 5. The van der Waals surface area contributed by atoms with Crippen LogP contribution in [0.4, 0.5) is 0 Å². The van der Waals surface area contributed by atoms with Crippen molar-refractivity contribution >= 4 is 29.8 Å². The Morgan fingerprint density at radius 3 is 1.96 bits per heavy atom. The van der Waals surface area contributed by atoms with E-state index in [1.165, 1.54) is 0 Å². The Kier molecular flexibility index (Phi) is 7.52. The van der Waals surface area contributed by atoms with Gasteiger partial charge in [-0.3, -0.25) is 19.2 Å². The van der Waals surface area contributed by atoms with Crippen molar-refractivity contribution < 1.29 is 42.9 Å². The average Bonchev–Trinajstić information content (AvgIpc) is 2.63. The lowest BCUT2D eigenvalue weighted by Gasteiger charge is -2.31. The number of nitriles is 1. The maximum atomic E-state index is 11.5. The first-order valence-corrected chi connectivity index (χ1v) is 7.43. The van der Waals surface area contributed by atoms with Gasteiger partial charge in [0.15, 0.2) is 24.4 Å². The molecule has 11 heteroatoms. The molecule has 142 valence electrons. The number of nitrogens with zero attached hydrogens (tertiary/aromatic N) is 2. The normalized spacial score (nSPS) is 24.7. The highest BCUT2D eigenvalue weighted by Gasteiger charge is 2.46. The van der Waals surface area contributed by atoms with Gasteiger partial charge in [0.1, 0.15) is 6.61 Å². The van der Waals surface area contributed by atoms with Crippen molar-refractivity contribution in [3.63, 3.8) is 0 Å². The number of hydrogen-bond donors (Lipinski definition) is 0. The molecule has 4 atom stereocenters. The van der Waals surface area contributed by atoms with Crippen LogP contribution in [0.15, 0.2) is 4.99 Å². The molecule has 1 heterocycles. The number of esters is 4. The van der Waals surface area contributed by atoms with Crippen molar-refractivity contribution in [3.8, 4) is 6.07 Å². The standard InChI is InChI=1S/C15H18N2O9/c1-7(18)22-6-11-13(23-8(2)19)14(24-9(3)20)15(25-10(4)21)17-12(5-16)26-11/h11,13-15H,6H2,1-4H3/t11-,13+,14+,15-/m1/s1. The minimum absolute atomic E-state index is 0.432. The summed E-state index contributed by atoms with van der Waals surface area (Å²) >= 11 is 0. The van der Waals surface area contributed by atoms with E-state index in [0.717, 1.165) is 27.7 Å². The summed E-state index contributed by atoms with van der Waals surface area (Å²) in [7, 11) is 0. The number of carbonyl (C=O) groups is 4. The molecule has 1 rings (SSSR count). The monoisotopic (exact) mass is 370 g/mol. The van der Waals surface area contributed by atoms with Crippen LogP contribution in [0.1, 0.15) is 27.7 Å². The molecule has 0 unspecified atom stereocenters. The van der Waals surface area contributed by atoms with Gasteiger partial charge in [0.2, 0.25) is 6.23 Å². The second-order valence-electron chi connectivity index (χ2n) is 5.15. The van der Waals surface area contributed by atoms with Gasteiger partial charge in [0.05, 0.1) is 0 Å². The molecule has 0 saturated carbocycles. The summed E-state index contributed by atoms with van der Waals surface area (Å²) in [6.45, 7) is 3.96. The Balaban J connectivity index is 3.34. The number of carbonyl (C=O) groups excluding carboxylic acids is 4. The summed E-state index contributed by atoms with van der Waals surface area (Å²) in [5.41, 5.74) is 0. The highest BCUT2D eigenvalue weighted by Crippen LogP contribution is 2.23. The van der Waals surface area contributed by atoms with Gasteiger partial charge < -0.3 is 23.7 Å². The molecule has 0 aliphatic carbocycles. The van der Waals surface area contributed by atoms with Crippen molar-refractivity contribution in [2.24, 2.45) is 4.99 Å². The van der Waals surface area contributed by atoms with E-state index in [1.807, 2.05) is 0 Å². The van der Waals surface area contributed by atoms with Crippen LogP contribution in [0.25, 0.3) is 0 Å². The maximum Gasteiger partial charge on any atom is 0.304 e. The first kappa shape index (κ1) is 20.9. The van der Waals surface area contributed by atoms with Gasteiger partial charge in [-0.1, -0.05) is 0 Å². The smallest absolute Gasteiger partial charge is 0.304 e. The molecule has 0 aromatic heterocycles. The predicted molar refractivity (Wildman–Crippen MR) is 81.2 cm³/mol. The first-order chi connectivity index (χ1) is 12.1. The molecule has 0 radical (unpaired) electrons. The summed E-state index contributed by atoms with van der Waals surface area (Å²) in [5, 5.41) is 9.13. The van der Waals surface area contributed by atoms with E-state index in [2.05, 4.69) is 4.99 Å². The largest absolute Gasteiger partial charge is 0.462 e. The second kappa shape index (κ2) is 9.36. The Hall–Kier alpha value is -3.16. The maximum absolute atomic E-state index is 11.5. The molecule has 0 amide bonds. The van der Waals surface area contributed by atoms with E-state index < -0.39 is 60.9 Å². The van der Waals surface area contributed by atoms with Crippen LogP contribution < -0.4 is 0 Å². The van der Waals surface area contributed by atoms with Gasteiger partial charge in [-0.25, -0.2) is 0 Å². The van der Waals surface area contributed by atoms with Crippen LogP contribution in [0.3, 0.4) is 0 Å². The highest BCUT2D eigenvalue weighted by molar-refractivity contribution is 5.92. The lowest BCUT2D eigenvalue weighted by Crippen LogP contribution is -2.50. The van der Waals surface area contributed by atoms with Crippen LogP contribution >= 0.6 is 0 Å². The molecular weight excluding hydrogens is 352 g/mol. The second-order valence-corrected chi connectivity index (χ2v) is 5.15. The van der Waals surface area contributed by atoms with Gasteiger partial charge >= 0.3 is 23.9 Å². The molecule has 26 heavy (non-hydrogen) atoms. The minimum Gasteiger partial charge on any atom is -0.462 e. The summed E-state index contributed by atoms with van der Waals surface area (Å²) in [5.74, 6) is -3.53. The molecule has 0 bridgehead atoms. The summed E-state index contributed by atoms with van der Waals surface area (Å²) in [6.07, 6.45) is -5.52. The van der Waals surface area contributed by atoms with Gasteiger partial charge in [-0.2, -0.15) is 10.3 Å². The zero-order chi connectivity index (χ0) is 19.9. The van der Waals surface area contributed by atoms with Crippen LogP contribution in [0, 0.1) is 11.3 Å². The van der Waals surface area contributed by atoms with Crippen molar-refractivity contribution in [1.82, 2.24) is 0 Å². The number of aliphatic imine (C=N–C) groups is 1. The third-order valence-electron chi connectivity index (χ3n) is 2.92. The molecule has 0 spiro atoms. The third-order valence-corrected chi connectivity index (χ3v) is 2.92. The number of hydrogen-bond acceptors (Lipinski definition) is 11. The summed E-state index contributed by atoms with van der Waals surface area (Å²) in [6, 6.07) is 1.63. The fourth-order valence-electron chi connectivity index (χ4n) is 2.10. The van der Waals surface area contributed by atoms with Gasteiger partial charge in [0.25, 0.3) is 5.90 Å². The molecule has 1 aliphatic rings. The Labute approximate surface area is 148 Å². The van der Waals surface area contributed by atoms with Crippen LogP contribution in [-0.2, 0) is 42.9 Å². The highest BCUT2D eigenvalue weighted by atomic mass is 16.6. The fraction of sp³-hybridized carbons (Fsp3) is 0.600. The zero-order valence-electron chi connectivity index (χ0n) is 14.6. The Bertz CT molecular complexity index is 652. The molecule has 0 aromatic rings. The van der Waals surface area contributed by atoms with Gasteiger partial charge in [0, 0.05) is 27.7 Å². The quantitative estimate of drug-likeness (QED) is 0.463. The zero-order valence-corrected chi connectivity index (χ0v) is 14.6. The van der Waals surface area contributed by atoms with Crippen molar-refractivity contribution in [2.45, 2.75) is 52.2 Å². The van der Waals surface area contributed by atoms with E-state index in [4.69, 9.17) is 28.9 Å². The molecule has 1 aliphatic heterocycles. The predicted octanol–water partition coefficient (Wildman–Crippen LogP) is -0.377. The lowest BCUT2D eigenvalue weighted by molar-refractivity contribution is -0.191. The number of ether oxygens (including phenoxy) is 5. The Morgan fingerprint density at radius 1 is 0.962 bits per heavy atom. The van der Waals surface area contributed by atoms with E-state index in [-0.39, 0.29) is 0 Å². The minimum atomic E-state index is -1.50. The molecular formula is C15H18N2O9. The molecule has 0 aromatic carbocycles. The van der Waals surface area contributed by atoms with E-state index in [9.17, 15) is 19.2 Å². The molecule has 0 N–H and O–H groups in total. The average molecular weight is 370 g/mol. The third kappa shape index (κ3) is 6.39. The molecule has 11 nitrogen and oxygen atoms in total. The fourth-order valence-corrected chi connectivity index (χ4v) is 2.10. The van der Waals surface area contributed by atoms with Gasteiger partial charge in [-0.05, 0) is 0 Å². The van der Waals surface area contributed by atoms with Gasteiger partial charge in [-0.15, -0.1) is 0 Å². The summed E-state index contributed by atoms with van der Waals surface area (Å²) in [4.78, 5) is 49.2. The summed E-state index contributed by atoms with van der Waals surface area (Å²) < 4.78 is 25.3. The van der Waals surface area contributed by atoms with Crippen molar-refractivity contribution in [3.05, 3.63) is 0 Å². The molecule has 0 saturated heterocycles. The SMILES string of the molecule is CC(=O)OC[C@H]1OC(C#N)=N[C@H](OC(C)=O)[C@@H](OC(C)=O)[C@H]1OC(C)=O. The van der Waals surface area contributed by atoms with E-state index >= 15 is 0 Å². The van der Waals surface area contributed by atoms with Crippen LogP contribution in [0.5, 0.6) is 0 Å². The first-order valence-electron chi connectivity index (χ1n) is 7.43. The van der Waals surface area contributed by atoms with E-state index in [0.29, 0.717) is 0 Å². The van der Waals surface area contributed by atoms with E-state index in [1.54, 1.807) is 6.07 Å².